The molecule has 1 aliphatic heterocycles. The van der Waals surface area contributed by atoms with Crippen molar-refractivity contribution in [2.24, 2.45) is 0 Å². The maximum atomic E-state index is 13.5. The third kappa shape index (κ3) is 5.29. The molecular weight excluding hydrogens is 468 g/mol. The molecule has 34 heavy (non-hydrogen) atoms. The second-order valence-corrected chi connectivity index (χ2v) is 9.35. The Bertz CT molecular complexity index is 1220. The second kappa shape index (κ2) is 10.8. The average Bonchev–Trinajstić information content (AvgIpc) is 3.08. The van der Waals surface area contributed by atoms with E-state index in [0.29, 0.717) is 27.1 Å². The number of hydrogen-bond donors (Lipinski definition) is 1. The minimum atomic E-state index is -0.398. The van der Waals surface area contributed by atoms with Crippen LogP contribution in [0.3, 0.4) is 0 Å². The summed E-state index contributed by atoms with van der Waals surface area (Å²) < 4.78 is 5.29. The predicted octanol–water partition coefficient (Wildman–Crippen LogP) is 6.68. The van der Waals surface area contributed by atoms with Gasteiger partial charge in [-0.3, -0.25) is 9.59 Å². The van der Waals surface area contributed by atoms with E-state index in [1.807, 2.05) is 54.6 Å². The zero-order valence-electron chi connectivity index (χ0n) is 19.0. The number of nitrogens with zero attached hydrogens (tertiary/aromatic N) is 1. The van der Waals surface area contributed by atoms with Crippen molar-refractivity contribution >= 4 is 46.6 Å². The molecule has 1 N–H and O–H groups in total. The molecule has 0 fully saturated rings. The van der Waals surface area contributed by atoms with Gasteiger partial charge in [0.05, 0.1) is 12.8 Å². The summed E-state index contributed by atoms with van der Waals surface area (Å²) in [7, 11) is 1.58. The first-order valence-electron chi connectivity index (χ1n) is 11.1. The normalized spacial score (nSPS) is 13.6. The summed E-state index contributed by atoms with van der Waals surface area (Å²) in [4.78, 5) is 29.4. The molecule has 0 saturated heterocycles. The molecule has 0 saturated carbocycles. The van der Waals surface area contributed by atoms with E-state index in [9.17, 15) is 9.59 Å². The van der Waals surface area contributed by atoms with E-state index < -0.39 is 5.91 Å². The van der Waals surface area contributed by atoms with Gasteiger partial charge in [0.1, 0.15) is 16.4 Å². The van der Waals surface area contributed by atoms with Crippen molar-refractivity contribution in [3.8, 4) is 5.75 Å². The molecule has 0 unspecified atom stereocenters. The monoisotopic (exact) mass is 492 g/mol. The Morgan fingerprint density at radius 2 is 1.71 bits per heavy atom. The molecular formula is C27H25ClN2O3S. The summed E-state index contributed by atoms with van der Waals surface area (Å²) in [5, 5.41) is 3.76. The number of carbonyl (C=O) groups excluding carboxylic acids is 2. The number of carbonyl (C=O) groups is 2. The van der Waals surface area contributed by atoms with Gasteiger partial charge in [0, 0.05) is 21.7 Å². The molecule has 174 valence electrons. The number of benzene rings is 3. The average molecular weight is 493 g/mol. The number of imide groups is 1. The van der Waals surface area contributed by atoms with Crippen LogP contribution < -0.4 is 15.0 Å². The van der Waals surface area contributed by atoms with Crippen LogP contribution in [0.2, 0.25) is 5.02 Å². The van der Waals surface area contributed by atoms with Crippen molar-refractivity contribution in [2.75, 3.05) is 17.3 Å². The Kier molecular flexibility index (Phi) is 7.60. The number of methoxy groups -OCH3 is 1. The number of ether oxygens (including phenoxy) is 1. The van der Waals surface area contributed by atoms with E-state index in [2.05, 4.69) is 12.2 Å². The molecule has 0 atom stereocenters. The van der Waals surface area contributed by atoms with Crippen molar-refractivity contribution in [1.82, 2.24) is 0 Å². The van der Waals surface area contributed by atoms with Crippen LogP contribution in [-0.4, -0.2) is 18.9 Å². The van der Waals surface area contributed by atoms with Crippen LogP contribution in [0.15, 0.2) is 88.3 Å². The lowest BCUT2D eigenvalue weighted by molar-refractivity contribution is -0.120. The molecule has 0 aliphatic carbocycles. The molecule has 3 aromatic rings. The first-order valence-corrected chi connectivity index (χ1v) is 12.3. The molecule has 1 heterocycles. The van der Waals surface area contributed by atoms with Gasteiger partial charge in [-0.1, -0.05) is 54.9 Å². The topological polar surface area (TPSA) is 58.6 Å². The largest absolute Gasteiger partial charge is 0.497 e. The van der Waals surface area contributed by atoms with Gasteiger partial charge in [0.25, 0.3) is 11.8 Å². The zero-order chi connectivity index (χ0) is 24.1. The number of unbranched alkanes of at least 4 members (excludes halogenated alkanes) is 1. The predicted molar refractivity (Wildman–Crippen MR) is 138 cm³/mol. The van der Waals surface area contributed by atoms with Crippen LogP contribution >= 0.6 is 23.4 Å². The fourth-order valence-electron chi connectivity index (χ4n) is 3.61. The first kappa shape index (κ1) is 23.9. The minimum absolute atomic E-state index is 0.230. The number of rotatable bonds is 9. The van der Waals surface area contributed by atoms with Crippen LogP contribution in [0.1, 0.15) is 25.3 Å². The van der Waals surface area contributed by atoms with Crippen molar-refractivity contribution in [3.63, 3.8) is 0 Å². The maximum Gasteiger partial charge on any atom is 0.283 e. The molecule has 0 spiro atoms. The summed E-state index contributed by atoms with van der Waals surface area (Å²) in [6, 6.07) is 22.0. The lowest BCUT2D eigenvalue weighted by Crippen LogP contribution is -2.32. The summed E-state index contributed by atoms with van der Waals surface area (Å²) in [5.74, 6) is -0.115. The highest BCUT2D eigenvalue weighted by molar-refractivity contribution is 8.04. The van der Waals surface area contributed by atoms with Crippen molar-refractivity contribution < 1.29 is 14.3 Å². The summed E-state index contributed by atoms with van der Waals surface area (Å²) >= 11 is 7.25. The number of halogens is 1. The third-order valence-electron chi connectivity index (χ3n) is 5.43. The quantitative estimate of drug-likeness (QED) is 0.337. The number of anilines is 2. The zero-order valence-corrected chi connectivity index (χ0v) is 20.6. The van der Waals surface area contributed by atoms with E-state index in [1.54, 1.807) is 25.3 Å². The molecule has 1 aliphatic rings. The van der Waals surface area contributed by atoms with Crippen molar-refractivity contribution in [1.29, 1.82) is 0 Å². The highest BCUT2D eigenvalue weighted by atomic mass is 35.5. The van der Waals surface area contributed by atoms with Crippen LogP contribution in [0.25, 0.3) is 0 Å². The molecule has 3 aromatic carbocycles. The third-order valence-corrected chi connectivity index (χ3v) is 6.77. The molecule has 0 aromatic heterocycles. The Morgan fingerprint density at radius 3 is 2.38 bits per heavy atom. The van der Waals surface area contributed by atoms with Gasteiger partial charge in [0.2, 0.25) is 0 Å². The van der Waals surface area contributed by atoms with Gasteiger partial charge in [-0.15, -0.1) is 0 Å². The lowest BCUT2D eigenvalue weighted by atomic mass is 10.1. The Labute approximate surface area is 208 Å². The molecule has 0 bridgehead atoms. The van der Waals surface area contributed by atoms with Crippen LogP contribution in [0.5, 0.6) is 5.75 Å². The van der Waals surface area contributed by atoms with Gasteiger partial charge in [0.15, 0.2) is 0 Å². The summed E-state index contributed by atoms with van der Waals surface area (Å²) in [5.41, 5.74) is 2.62. The summed E-state index contributed by atoms with van der Waals surface area (Å²) in [6.07, 6.45) is 3.18. The van der Waals surface area contributed by atoms with Crippen LogP contribution in [0.4, 0.5) is 11.4 Å². The van der Waals surface area contributed by atoms with Gasteiger partial charge >= 0.3 is 0 Å². The van der Waals surface area contributed by atoms with E-state index in [1.165, 1.54) is 22.2 Å². The number of nitrogens with one attached hydrogen (secondary N) is 1. The molecule has 4 rings (SSSR count). The smallest absolute Gasteiger partial charge is 0.283 e. The fraction of sp³-hybridized carbons (Fsp3) is 0.185. The Hall–Kier alpha value is -3.22. The minimum Gasteiger partial charge on any atom is -0.497 e. The number of amides is 2. The maximum absolute atomic E-state index is 13.5. The SMILES string of the molecule is CCCCc1ccc(N2C(=O)C(Nc3cccc(OC)c3)=C(Sc3ccc(Cl)cc3)C2=O)cc1. The number of aryl methyl sites for hydroxylation is 1. The van der Waals surface area contributed by atoms with Gasteiger partial charge in [-0.2, -0.15) is 0 Å². The van der Waals surface area contributed by atoms with E-state index in [4.69, 9.17) is 16.3 Å². The number of hydrogen-bond acceptors (Lipinski definition) is 5. The van der Waals surface area contributed by atoms with E-state index in [-0.39, 0.29) is 11.6 Å². The molecule has 2 amide bonds. The summed E-state index contributed by atoms with van der Waals surface area (Å²) in [6.45, 7) is 2.15. The highest BCUT2D eigenvalue weighted by Gasteiger charge is 2.40. The standard InChI is InChI=1S/C27H25ClN2O3S/c1-3-4-6-18-9-13-21(14-10-18)30-26(31)24(29-20-7-5-8-22(17-20)33-2)25(27(30)32)34-23-15-11-19(28)12-16-23/h5,7-17,29H,3-4,6H2,1-2H3. The molecule has 5 nitrogen and oxygen atoms in total. The van der Waals surface area contributed by atoms with Crippen molar-refractivity contribution in [2.45, 2.75) is 31.1 Å². The van der Waals surface area contributed by atoms with E-state index in [0.717, 1.165) is 24.2 Å². The van der Waals surface area contributed by atoms with E-state index >= 15 is 0 Å². The Morgan fingerprint density at radius 1 is 0.971 bits per heavy atom. The molecule has 0 radical (unpaired) electrons. The van der Waals surface area contributed by atoms with Crippen LogP contribution in [-0.2, 0) is 16.0 Å². The Balaban J connectivity index is 1.68. The molecule has 7 heteroatoms. The van der Waals surface area contributed by atoms with Crippen LogP contribution in [0, 0.1) is 0 Å². The second-order valence-electron chi connectivity index (χ2n) is 7.83. The van der Waals surface area contributed by atoms with Gasteiger partial charge < -0.3 is 10.1 Å². The lowest BCUT2D eigenvalue weighted by Gasteiger charge is -2.16. The van der Waals surface area contributed by atoms with Gasteiger partial charge in [-0.25, -0.2) is 4.90 Å². The fourth-order valence-corrected chi connectivity index (χ4v) is 4.66. The van der Waals surface area contributed by atoms with Crippen molar-refractivity contribution in [3.05, 3.63) is 94.0 Å². The first-order chi connectivity index (χ1) is 16.5. The highest BCUT2D eigenvalue weighted by Crippen LogP contribution is 2.38. The number of thioether (sulfide) groups is 1. The van der Waals surface area contributed by atoms with Gasteiger partial charge in [-0.05, 0) is 66.9 Å².